The fourth-order valence-corrected chi connectivity index (χ4v) is 9.24. The SMILES string of the molecule is CC[C@H](C)C([C@@H](CC(=O)N1CCC[C@H]1[C@H](OC)[C@@H](C)C(=O)N[C@@H](Cc1ccccc1)C(=O)OC)OC)N(C)C(=O)[C@@H](CC(=O)[C@H](C(C)C)N(C)CCc1ccc(O)cc1)C(C)C. The maximum Gasteiger partial charge on any atom is 0.328 e. The number of nitrogens with zero attached hydrogens (tertiary/aromatic N) is 3. The van der Waals surface area contributed by atoms with E-state index in [1.165, 1.54) is 14.2 Å². The fourth-order valence-electron chi connectivity index (χ4n) is 9.24. The summed E-state index contributed by atoms with van der Waals surface area (Å²) >= 11 is 0. The number of phenols is 1. The van der Waals surface area contributed by atoms with Crippen LogP contribution in [0.15, 0.2) is 54.6 Å². The van der Waals surface area contributed by atoms with Crippen molar-refractivity contribution in [2.75, 3.05) is 48.5 Å². The van der Waals surface area contributed by atoms with E-state index in [2.05, 4.69) is 17.1 Å². The Morgan fingerprint density at radius 3 is 2.05 bits per heavy atom. The number of phenolic OH excluding ortho intramolecular Hbond substituents is 1. The molecule has 62 heavy (non-hydrogen) atoms. The number of nitrogens with one attached hydrogen (secondary N) is 1. The van der Waals surface area contributed by atoms with Crippen LogP contribution < -0.4 is 5.32 Å². The molecule has 3 rings (SSSR count). The molecule has 13 heteroatoms. The van der Waals surface area contributed by atoms with Crippen LogP contribution in [-0.4, -0.2) is 134 Å². The molecule has 1 saturated heterocycles. The highest BCUT2D eigenvalue weighted by molar-refractivity contribution is 5.90. The summed E-state index contributed by atoms with van der Waals surface area (Å²) in [6.07, 6.45) is 1.84. The smallest absolute Gasteiger partial charge is 0.328 e. The van der Waals surface area contributed by atoms with Gasteiger partial charge in [-0.2, -0.15) is 0 Å². The van der Waals surface area contributed by atoms with Gasteiger partial charge >= 0.3 is 5.97 Å². The van der Waals surface area contributed by atoms with Gasteiger partial charge in [0.05, 0.1) is 49.8 Å². The average molecular weight is 865 g/mol. The summed E-state index contributed by atoms with van der Waals surface area (Å²) in [7, 11) is 8.10. The highest BCUT2D eigenvalue weighted by Gasteiger charge is 2.43. The predicted octanol–water partition coefficient (Wildman–Crippen LogP) is 5.94. The van der Waals surface area contributed by atoms with Crippen LogP contribution in [0.5, 0.6) is 5.75 Å². The number of likely N-dealkylation sites (tertiary alicyclic amines) is 1. The number of rotatable bonds is 25. The van der Waals surface area contributed by atoms with Gasteiger partial charge in [0.25, 0.3) is 0 Å². The first-order valence-corrected chi connectivity index (χ1v) is 22.4. The van der Waals surface area contributed by atoms with Crippen LogP contribution in [-0.2, 0) is 51.0 Å². The number of ether oxygens (including phenoxy) is 3. The Kier molecular flexibility index (Phi) is 21.0. The van der Waals surface area contributed by atoms with Crippen LogP contribution in [0.4, 0.5) is 0 Å². The van der Waals surface area contributed by atoms with Crippen LogP contribution in [0.1, 0.15) is 91.7 Å². The lowest BCUT2D eigenvalue weighted by atomic mass is 9.83. The summed E-state index contributed by atoms with van der Waals surface area (Å²) in [6.45, 7) is 15.0. The van der Waals surface area contributed by atoms with Crippen molar-refractivity contribution in [3.63, 3.8) is 0 Å². The Morgan fingerprint density at radius 1 is 0.855 bits per heavy atom. The molecule has 346 valence electrons. The lowest BCUT2D eigenvalue weighted by Crippen LogP contribution is -2.55. The number of methoxy groups -OCH3 is 3. The van der Waals surface area contributed by atoms with E-state index in [0.29, 0.717) is 25.9 Å². The number of esters is 1. The molecule has 1 aliphatic rings. The van der Waals surface area contributed by atoms with E-state index >= 15 is 0 Å². The molecule has 0 aliphatic carbocycles. The van der Waals surface area contributed by atoms with Crippen LogP contribution in [0, 0.1) is 29.6 Å². The third kappa shape index (κ3) is 14.1. The average Bonchev–Trinajstić information content (AvgIpc) is 3.74. The van der Waals surface area contributed by atoms with Crippen molar-refractivity contribution in [1.29, 1.82) is 0 Å². The minimum absolute atomic E-state index is 0.00462. The molecule has 3 amide bonds. The molecule has 0 aromatic heterocycles. The lowest BCUT2D eigenvalue weighted by molar-refractivity contribution is -0.150. The Morgan fingerprint density at radius 2 is 1.50 bits per heavy atom. The molecule has 9 atom stereocenters. The third-order valence-corrected chi connectivity index (χ3v) is 13.0. The summed E-state index contributed by atoms with van der Waals surface area (Å²) in [6, 6.07) is 14.3. The molecule has 1 fully saturated rings. The summed E-state index contributed by atoms with van der Waals surface area (Å²) in [4.78, 5) is 75.2. The van der Waals surface area contributed by atoms with Crippen LogP contribution in [0.3, 0.4) is 0 Å². The second kappa shape index (κ2) is 25.1. The van der Waals surface area contributed by atoms with Gasteiger partial charge in [0.15, 0.2) is 5.78 Å². The molecule has 1 aliphatic heterocycles. The summed E-state index contributed by atoms with van der Waals surface area (Å²) in [5, 5.41) is 12.6. The normalized spacial score (nSPS) is 18.1. The minimum atomic E-state index is -0.898. The van der Waals surface area contributed by atoms with Gasteiger partial charge in [0, 0.05) is 53.1 Å². The van der Waals surface area contributed by atoms with Crippen LogP contribution in [0.2, 0.25) is 0 Å². The Labute approximate surface area is 371 Å². The Hall–Kier alpha value is -4.33. The number of likely N-dealkylation sites (N-methyl/N-ethyl adjacent to an activating group) is 2. The minimum Gasteiger partial charge on any atom is -0.508 e. The lowest BCUT2D eigenvalue weighted by Gasteiger charge is -2.41. The molecule has 0 spiro atoms. The van der Waals surface area contributed by atoms with Gasteiger partial charge in [0.1, 0.15) is 11.8 Å². The largest absolute Gasteiger partial charge is 0.508 e. The number of hydrogen-bond acceptors (Lipinski definition) is 10. The van der Waals surface area contributed by atoms with Gasteiger partial charge in [-0.15, -0.1) is 0 Å². The highest BCUT2D eigenvalue weighted by atomic mass is 16.5. The molecule has 1 unspecified atom stereocenters. The first kappa shape index (κ1) is 52.0. The Balaban J connectivity index is 1.77. The summed E-state index contributed by atoms with van der Waals surface area (Å²) in [5.74, 6) is -2.46. The topological polar surface area (TPSA) is 155 Å². The highest BCUT2D eigenvalue weighted by Crippen LogP contribution is 2.31. The zero-order chi connectivity index (χ0) is 46.3. The molecule has 2 aromatic carbocycles. The van der Waals surface area contributed by atoms with Crippen molar-refractivity contribution in [2.45, 2.75) is 130 Å². The van der Waals surface area contributed by atoms with Crippen molar-refractivity contribution in [3.05, 3.63) is 65.7 Å². The van der Waals surface area contributed by atoms with E-state index in [4.69, 9.17) is 14.2 Å². The maximum atomic E-state index is 14.6. The first-order valence-electron chi connectivity index (χ1n) is 22.4. The number of carbonyl (C=O) groups excluding carboxylic acids is 5. The van der Waals surface area contributed by atoms with Gasteiger partial charge in [-0.1, -0.05) is 97.4 Å². The quantitative estimate of drug-likeness (QED) is 0.115. The fraction of sp³-hybridized carbons (Fsp3) is 0.653. The molecule has 13 nitrogen and oxygen atoms in total. The predicted molar refractivity (Wildman–Crippen MR) is 241 cm³/mol. The van der Waals surface area contributed by atoms with E-state index in [-0.39, 0.29) is 72.3 Å². The van der Waals surface area contributed by atoms with E-state index in [0.717, 1.165) is 24.0 Å². The van der Waals surface area contributed by atoms with Crippen molar-refractivity contribution in [1.82, 2.24) is 20.0 Å². The van der Waals surface area contributed by atoms with Gasteiger partial charge in [-0.25, -0.2) is 4.79 Å². The second-order valence-corrected chi connectivity index (χ2v) is 18.0. The Bertz CT molecular complexity index is 1720. The zero-order valence-corrected chi connectivity index (χ0v) is 39.5. The van der Waals surface area contributed by atoms with E-state index in [1.54, 1.807) is 43.0 Å². The molecule has 2 aromatic rings. The summed E-state index contributed by atoms with van der Waals surface area (Å²) in [5.41, 5.74) is 1.93. The maximum absolute atomic E-state index is 14.6. The van der Waals surface area contributed by atoms with Gasteiger partial charge in [0.2, 0.25) is 17.7 Å². The van der Waals surface area contributed by atoms with Gasteiger partial charge < -0.3 is 34.4 Å². The second-order valence-electron chi connectivity index (χ2n) is 18.0. The van der Waals surface area contributed by atoms with E-state index in [9.17, 15) is 29.1 Å². The number of carbonyl (C=O) groups is 5. The molecule has 1 heterocycles. The molecule has 2 N–H and O–H groups in total. The number of hydrogen-bond donors (Lipinski definition) is 2. The monoisotopic (exact) mass is 865 g/mol. The van der Waals surface area contributed by atoms with Crippen molar-refractivity contribution in [3.8, 4) is 5.75 Å². The molecule has 0 saturated carbocycles. The molecule has 0 bridgehead atoms. The standard InChI is InChI=1S/C49H76N4O9/c1-13-33(6)45(52(9)48(58)38(31(2)3)29-41(55)44(32(4)5)51(8)27-25-35-21-23-37(54)24-22-35)42(60-10)30-43(56)53-26-17-20-40(53)46(61-11)34(7)47(57)50-39(49(59)62-12)28-36-18-15-14-16-19-36/h14-16,18-19,21-24,31-34,38-40,42,44-46,54H,13,17,20,25-30H2,1-12H3,(H,50,57)/t33-,34+,38-,39-,40-,42+,44-,45?,46+/m0/s1. The first-order chi connectivity index (χ1) is 29.4. The zero-order valence-electron chi connectivity index (χ0n) is 39.5. The van der Waals surface area contributed by atoms with E-state index < -0.39 is 48.1 Å². The number of Topliss-reactive ketones (excluding diaryl/α,β-unsaturated/α-hetero) is 1. The van der Waals surface area contributed by atoms with E-state index in [1.807, 2.05) is 84.1 Å². The third-order valence-electron chi connectivity index (χ3n) is 13.0. The van der Waals surface area contributed by atoms with Crippen molar-refractivity contribution >= 4 is 29.5 Å². The van der Waals surface area contributed by atoms with Crippen LogP contribution in [0.25, 0.3) is 0 Å². The molecular formula is C49H76N4O9. The number of ketones is 1. The number of aromatic hydroxyl groups is 1. The number of amides is 3. The van der Waals surface area contributed by atoms with Gasteiger partial charge in [-0.05, 0) is 67.3 Å². The van der Waals surface area contributed by atoms with Crippen LogP contribution >= 0.6 is 0 Å². The summed E-state index contributed by atoms with van der Waals surface area (Å²) < 4.78 is 17.1. The van der Waals surface area contributed by atoms with Crippen molar-refractivity contribution < 1.29 is 43.3 Å². The molecular weight excluding hydrogens is 789 g/mol. The van der Waals surface area contributed by atoms with Crippen molar-refractivity contribution in [2.24, 2.45) is 29.6 Å². The molecule has 0 radical (unpaired) electrons. The van der Waals surface area contributed by atoms with Gasteiger partial charge in [-0.3, -0.25) is 24.1 Å². The number of benzene rings is 2.